The Morgan fingerprint density at radius 2 is 1.90 bits per heavy atom. The van der Waals surface area contributed by atoms with Gasteiger partial charge in [0.15, 0.2) is 0 Å². The van der Waals surface area contributed by atoms with Crippen molar-refractivity contribution >= 4 is 33.5 Å². The van der Waals surface area contributed by atoms with Crippen molar-refractivity contribution in [2.45, 2.75) is 31.7 Å². The van der Waals surface area contributed by atoms with E-state index in [0.29, 0.717) is 36.9 Å². The molecule has 2 rings (SSSR count). The van der Waals surface area contributed by atoms with Gasteiger partial charge in [-0.2, -0.15) is 0 Å². The Kier molecular flexibility index (Phi) is 4.65. The van der Waals surface area contributed by atoms with Crippen LogP contribution >= 0.6 is 15.9 Å². The lowest BCUT2D eigenvalue weighted by atomic mass is 9.86. The molecule has 1 aliphatic rings. The van der Waals surface area contributed by atoms with E-state index in [9.17, 15) is 9.59 Å². The maximum Gasteiger partial charge on any atom is 0.306 e. The molecule has 0 bridgehead atoms. The van der Waals surface area contributed by atoms with Crippen LogP contribution in [0, 0.1) is 5.92 Å². The van der Waals surface area contributed by atoms with Gasteiger partial charge in [-0.15, -0.1) is 0 Å². The molecular weight excluding hydrogens is 324 g/mol. The summed E-state index contributed by atoms with van der Waals surface area (Å²) in [6, 6.07) is 5.12. The third-order valence-corrected chi connectivity index (χ3v) is 4.39. The third-order valence-electron chi connectivity index (χ3n) is 3.67. The lowest BCUT2D eigenvalue weighted by Gasteiger charge is -2.26. The van der Waals surface area contributed by atoms with Crippen LogP contribution in [0.25, 0.3) is 0 Å². The highest BCUT2D eigenvalue weighted by Gasteiger charge is 2.26. The Hall–Kier alpha value is -1.56. The summed E-state index contributed by atoms with van der Waals surface area (Å²) in [5.74, 6) is -1.18. The van der Waals surface area contributed by atoms with Crippen molar-refractivity contribution in [3.05, 3.63) is 28.2 Å². The van der Waals surface area contributed by atoms with E-state index in [1.165, 1.54) is 0 Å². The van der Waals surface area contributed by atoms with Gasteiger partial charge in [-0.3, -0.25) is 9.59 Å². The Bertz CT molecular complexity index is 525. The van der Waals surface area contributed by atoms with Crippen molar-refractivity contribution in [1.82, 2.24) is 5.32 Å². The minimum Gasteiger partial charge on any atom is -0.481 e. The summed E-state index contributed by atoms with van der Waals surface area (Å²) in [6.07, 6.45) is 2.63. The van der Waals surface area contributed by atoms with Gasteiger partial charge in [-0.05, 0) is 59.8 Å². The van der Waals surface area contributed by atoms with Crippen LogP contribution in [-0.4, -0.2) is 23.0 Å². The molecule has 6 heteroatoms. The topological polar surface area (TPSA) is 92.4 Å². The molecule has 4 N–H and O–H groups in total. The Balaban J connectivity index is 1.92. The number of aliphatic carboxylic acids is 1. The molecule has 0 saturated heterocycles. The highest BCUT2D eigenvalue weighted by Crippen LogP contribution is 2.25. The fraction of sp³-hybridized carbons (Fsp3) is 0.429. The van der Waals surface area contributed by atoms with Crippen molar-refractivity contribution < 1.29 is 14.7 Å². The van der Waals surface area contributed by atoms with Gasteiger partial charge < -0.3 is 16.2 Å². The number of nitrogen functional groups attached to an aromatic ring is 1. The van der Waals surface area contributed by atoms with Gasteiger partial charge >= 0.3 is 5.97 Å². The first kappa shape index (κ1) is 14.8. The zero-order valence-corrected chi connectivity index (χ0v) is 12.5. The van der Waals surface area contributed by atoms with Crippen LogP contribution < -0.4 is 11.1 Å². The number of carboxylic acid groups (broad SMARTS) is 1. The number of halogens is 1. The normalized spacial score (nSPS) is 22.2. The second-order valence-electron chi connectivity index (χ2n) is 5.10. The van der Waals surface area contributed by atoms with E-state index in [2.05, 4.69) is 21.2 Å². The second-order valence-corrected chi connectivity index (χ2v) is 5.95. The summed E-state index contributed by atoms with van der Waals surface area (Å²) in [4.78, 5) is 23.0. The van der Waals surface area contributed by atoms with E-state index in [0.717, 1.165) is 4.47 Å². The fourth-order valence-corrected chi connectivity index (χ4v) is 2.69. The van der Waals surface area contributed by atoms with Gasteiger partial charge in [0.05, 0.1) is 5.92 Å². The summed E-state index contributed by atoms with van der Waals surface area (Å²) in [6.45, 7) is 0. The maximum absolute atomic E-state index is 12.1. The Morgan fingerprint density at radius 1 is 1.25 bits per heavy atom. The Morgan fingerprint density at radius 3 is 2.45 bits per heavy atom. The molecule has 1 amide bonds. The number of carboxylic acids is 1. The van der Waals surface area contributed by atoms with Crippen LogP contribution in [0.5, 0.6) is 0 Å². The van der Waals surface area contributed by atoms with Crippen molar-refractivity contribution in [3.8, 4) is 0 Å². The zero-order chi connectivity index (χ0) is 14.7. The number of benzene rings is 1. The number of hydrogen-bond acceptors (Lipinski definition) is 3. The summed E-state index contributed by atoms with van der Waals surface area (Å²) in [5, 5.41) is 11.9. The summed E-state index contributed by atoms with van der Waals surface area (Å²) in [7, 11) is 0. The monoisotopic (exact) mass is 340 g/mol. The number of nitrogens with two attached hydrogens (primary N) is 1. The van der Waals surface area contributed by atoms with E-state index in [-0.39, 0.29) is 17.9 Å². The predicted molar refractivity (Wildman–Crippen MR) is 79.4 cm³/mol. The zero-order valence-electron chi connectivity index (χ0n) is 10.9. The van der Waals surface area contributed by atoms with E-state index < -0.39 is 5.97 Å². The average Bonchev–Trinajstić information content (AvgIpc) is 2.42. The van der Waals surface area contributed by atoms with Crippen molar-refractivity contribution in [2.24, 2.45) is 5.92 Å². The molecule has 0 radical (unpaired) electrons. The van der Waals surface area contributed by atoms with Gasteiger partial charge in [-0.25, -0.2) is 0 Å². The first-order chi connectivity index (χ1) is 9.47. The molecule has 20 heavy (non-hydrogen) atoms. The van der Waals surface area contributed by atoms with Crippen LogP contribution in [-0.2, 0) is 4.79 Å². The molecular formula is C14H17BrN2O3. The number of rotatable bonds is 3. The number of amides is 1. The third kappa shape index (κ3) is 3.50. The molecule has 1 aromatic carbocycles. The molecule has 1 aromatic rings. The van der Waals surface area contributed by atoms with E-state index in [1.807, 2.05) is 0 Å². The molecule has 1 fully saturated rings. The molecule has 0 aromatic heterocycles. The average molecular weight is 341 g/mol. The van der Waals surface area contributed by atoms with Crippen molar-refractivity contribution in [3.63, 3.8) is 0 Å². The molecule has 5 nitrogen and oxygen atoms in total. The molecule has 0 unspecified atom stereocenters. The molecule has 0 heterocycles. The summed E-state index contributed by atoms with van der Waals surface area (Å²) in [5.41, 5.74) is 6.79. The van der Waals surface area contributed by atoms with Crippen molar-refractivity contribution in [2.75, 3.05) is 5.73 Å². The smallest absolute Gasteiger partial charge is 0.306 e. The summed E-state index contributed by atoms with van der Waals surface area (Å²) < 4.78 is 0.760. The highest BCUT2D eigenvalue weighted by atomic mass is 79.9. The number of nitrogens with one attached hydrogen (secondary N) is 1. The minimum absolute atomic E-state index is 0.0444. The lowest BCUT2D eigenvalue weighted by molar-refractivity contribution is -0.142. The van der Waals surface area contributed by atoms with Crippen LogP contribution in [0.3, 0.4) is 0 Å². The van der Waals surface area contributed by atoms with E-state index >= 15 is 0 Å². The number of carbonyl (C=O) groups is 2. The highest BCUT2D eigenvalue weighted by molar-refractivity contribution is 9.10. The first-order valence-corrected chi connectivity index (χ1v) is 7.35. The fourth-order valence-electron chi connectivity index (χ4n) is 2.44. The quantitative estimate of drug-likeness (QED) is 0.736. The molecule has 108 valence electrons. The SMILES string of the molecule is Nc1cc(C(=O)NC2CCC(C(=O)O)CC2)ccc1Br. The van der Waals surface area contributed by atoms with Gasteiger partial charge in [0.2, 0.25) is 0 Å². The van der Waals surface area contributed by atoms with Crippen LogP contribution in [0.4, 0.5) is 5.69 Å². The van der Waals surface area contributed by atoms with E-state index in [4.69, 9.17) is 10.8 Å². The predicted octanol–water partition coefficient (Wildman–Crippen LogP) is 2.40. The van der Waals surface area contributed by atoms with Crippen LogP contribution in [0.2, 0.25) is 0 Å². The van der Waals surface area contributed by atoms with Gasteiger partial charge in [0.25, 0.3) is 5.91 Å². The minimum atomic E-state index is -0.740. The Labute approximate surface area is 125 Å². The summed E-state index contributed by atoms with van der Waals surface area (Å²) >= 11 is 3.28. The standard InChI is InChI=1S/C14H17BrN2O3/c15-11-6-3-9(7-12(11)16)13(18)17-10-4-1-8(2-5-10)14(19)20/h3,6-8,10H,1-2,4-5,16H2,(H,17,18)(H,19,20). The number of anilines is 1. The first-order valence-electron chi connectivity index (χ1n) is 6.56. The molecule has 0 aliphatic heterocycles. The molecule has 1 aliphatic carbocycles. The molecule has 0 spiro atoms. The second kappa shape index (κ2) is 6.26. The van der Waals surface area contributed by atoms with Crippen molar-refractivity contribution in [1.29, 1.82) is 0 Å². The number of carbonyl (C=O) groups excluding carboxylic acids is 1. The largest absolute Gasteiger partial charge is 0.481 e. The van der Waals surface area contributed by atoms with Crippen LogP contribution in [0.1, 0.15) is 36.0 Å². The molecule has 1 saturated carbocycles. The molecule has 0 atom stereocenters. The maximum atomic E-state index is 12.1. The number of hydrogen-bond donors (Lipinski definition) is 3. The van der Waals surface area contributed by atoms with Gasteiger partial charge in [0.1, 0.15) is 0 Å². The van der Waals surface area contributed by atoms with E-state index in [1.54, 1.807) is 18.2 Å². The lowest BCUT2D eigenvalue weighted by Crippen LogP contribution is -2.38. The van der Waals surface area contributed by atoms with Gasteiger partial charge in [0, 0.05) is 21.8 Å². The van der Waals surface area contributed by atoms with Crippen LogP contribution in [0.15, 0.2) is 22.7 Å². The van der Waals surface area contributed by atoms with Gasteiger partial charge in [-0.1, -0.05) is 0 Å².